The molecule has 1 unspecified atom stereocenters. The Morgan fingerprint density at radius 2 is 1.93 bits per heavy atom. The van der Waals surface area contributed by atoms with Gasteiger partial charge in [0.1, 0.15) is 12.0 Å². The molecule has 1 atom stereocenters. The number of hydrogen-bond donors (Lipinski definition) is 1. The van der Waals surface area contributed by atoms with Crippen molar-refractivity contribution in [3.05, 3.63) is 35.9 Å². The fourth-order valence-corrected chi connectivity index (χ4v) is 1.84. The minimum atomic E-state index is -2.73. The summed E-state index contributed by atoms with van der Waals surface area (Å²) in [5.74, 6) is 0.201. The van der Waals surface area contributed by atoms with Crippen LogP contribution in [0.1, 0.15) is 5.56 Å². The molecule has 0 aromatic heterocycles. The SMILES string of the molecule is C[S+](=O)(CCc1ccccc1)C(=O)O. The van der Waals surface area contributed by atoms with Crippen molar-refractivity contribution in [2.24, 2.45) is 0 Å². The molecular weight excluding hydrogens is 200 g/mol. The summed E-state index contributed by atoms with van der Waals surface area (Å²) in [4.78, 5) is 10.6. The van der Waals surface area contributed by atoms with Crippen LogP contribution >= 0.6 is 0 Å². The van der Waals surface area contributed by atoms with E-state index in [0.29, 0.717) is 6.42 Å². The Morgan fingerprint density at radius 3 is 2.43 bits per heavy atom. The van der Waals surface area contributed by atoms with Gasteiger partial charge in [0.2, 0.25) is 0 Å². The van der Waals surface area contributed by atoms with E-state index >= 15 is 0 Å². The lowest BCUT2D eigenvalue weighted by Crippen LogP contribution is -2.23. The maximum absolute atomic E-state index is 11.5. The Hall–Kier alpha value is -1.16. The smallest absolute Gasteiger partial charge is 0.441 e. The molecule has 0 fully saturated rings. The van der Waals surface area contributed by atoms with Crippen molar-refractivity contribution in [2.75, 3.05) is 12.0 Å². The van der Waals surface area contributed by atoms with Gasteiger partial charge in [-0.2, -0.15) is 4.79 Å². The third kappa shape index (κ3) is 2.96. The van der Waals surface area contributed by atoms with Crippen LogP contribution in [0.2, 0.25) is 0 Å². The molecule has 0 aliphatic heterocycles. The first kappa shape index (κ1) is 10.9. The van der Waals surface area contributed by atoms with Gasteiger partial charge in [-0.25, -0.2) is 0 Å². The van der Waals surface area contributed by atoms with E-state index in [1.54, 1.807) is 0 Å². The number of carboxylic acid groups (broad SMARTS) is 1. The normalized spacial score (nSPS) is 14.6. The monoisotopic (exact) mass is 213 g/mol. The Kier molecular flexibility index (Phi) is 3.41. The fraction of sp³-hybridized carbons (Fsp3) is 0.300. The third-order valence-electron chi connectivity index (χ3n) is 1.99. The van der Waals surface area contributed by atoms with Gasteiger partial charge in [0, 0.05) is 6.42 Å². The average molecular weight is 213 g/mol. The first-order valence-corrected chi connectivity index (χ1v) is 6.40. The first-order valence-electron chi connectivity index (χ1n) is 4.26. The van der Waals surface area contributed by atoms with Crippen molar-refractivity contribution < 1.29 is 14.1 Å². The summed E-state index contributed by atoms with van der Waals surface area (Å²) in [6.45, 7) is 0. The van der Waals surface area contributed by atoms with E-state index in [9.17, 15) is 9.00 Å². The molecule has 1 N–H and O–H groups in total. The largest absolute Gasteiger partial charge is 0.525 e. The fourth-order valence-electron chi connectivity index (χ4n) is 1.04. The van der Waals surface area contributed by atoms with Crippen molar-refractivity contribution in [1.29, 1.82) is 0 Å². The predicted octanol–water partition coefficient (Wildman–Crippen LogP) is 2.04. The van der Waals surface area contributed by atoms with Crippen LogP contribution in [0.5, 0.6) is 0 Å². The van der Waals surface area contributed by atoms with Crippen LogP contribution < -0.4 is 0 Å². The standard InChI is InChI=1S/C10H12O3S/c1-14(13,10(11)12)8-7-9-5-3-2-4-6-9/h2-6H,7-8H2,1H3/p+1. The van der Waals surface area contributed by atoms with E-state index in [1.807, 2.05) is 30.3 Å². The molecule has 14 heavy (non-hydrogen) atoms. The van der Waals surface area contributed by atoms with Gasteiger partial charge in [-0.05, 0) is 5.56 Å². The minimum Gasteiger partial charge on any atom is -0.441 e. The molecule has 3 nitrogen and oxygen atoms in total. The molecule has 1 rings (SSSR count). The second-order valence-electron chi connectivity index (χ2n) is 3.21. The van der Waals surface area contributed by atoms with Crippen molar-refractivity contribution in [3.63, 3.8) is 0 Å². The maximum Gasteiger partial charge on any atom is 0.525 e. The third-order valence-corrected chi connectivity index (χ3v) is 3.71. The molecule has 0 heterocycles. The number of benzene rings is 1. The number of carbonyl (C=O) groups is 1. The summed E-state index contributed by atoms with van der Waals surface area (Å²) in [5, 5.41) is 7.44. The Balaban J connectivity index is 2.58. The van der Waals surface area contributed by atoms with Gasteiger partial charge in [-0.1, -0.05) is 34.5 Å². The summed E-state index contributed by atoms with van der Waals surface area (Å²) in [5.41, 5.74) is 1.02. The summed E-state index contributed by atoms with van der Waals surface area (Å²) in [6.07, 6.45) is 1.83. The second-order valence-corrected chi connectivity index (χ2v) is 5.98. The summed E-state index contributed by atoms with van der Waals surface area (Å²) < 4.78 is 11.5. The Bertz CT molecular complexity index is 359. The summed E-state index contributed by atoms with van der Waals surface area (Å²) in [6, 6.07) is 9.46. The lowest BCUT2D eigenvalue weighted by Gasteiger charge is -2.01. The van der Waals surface area contributed by atoms with Crippen LogP contribution in [-0.2, 0) is 20.6 Å². The predicted molar refractivity (Wildman–Crippen MR) is 57.0 cm³/mol. The number of aryl methyl sites for hydroxylation is 1. The van der Waals surface area contributed by atoms with Gasteiger partial charge in [0.05, 0.1) is 0 Å². The van der Waals surface area contributed by atoms with Crippen molar-refractivity contribution in [1.82, 2.24) is 0 Å². The quantitative estimate of drug-likeness (QED) is 0.782. The molecule has 1 aromatic carbocycles. The minimum absolute atomic E-state index is 0.201. The number of hydrogen-bond acceptors (Lipinski definition) is 2. The van der Waals surface area contributed by atoms with Gasteiger partial charge >= 0.3 is 5.30 Å². The summed E-state index contributed by atoms with van der Waals surface area (Å²) in [7, 11) is -2.73. The highest BCUT2D eigenvalue weighted by molar-refractivity contribution is 8.15. The second kappa shape index (κ2) is 4.37. The molecule has 0 bridgehead atoms. The van der Waals surface area contributed by atoms with Gasteiger partial charge in [-0.15, -0.1) is 0 Å². The number of rotatable bonds is 3. The molecule has 0 spiro atoms. The highest BCUT2D eigenvalue weighted by Crippen LogP contribution is 2.07. The van der Waals surface area contributed by atoms with Crippen LogP contribution in [0.3, 0.4) is 0 Å². The van der Waals surface area contributed by atoms with Crippen molar-refractivity contribution in [2.45, 2.75) is 6.42 Å². The van der Waals surface area contributed by atoms with Crippen LogP contribution in [0, 0.1) is 0 Å². The molecule has 0 aliphatic rings. The van der Waals surface area contributed by atoms with E-state index in [1.165, 1.54) is 6.26 Å². The molecule has 4 heteroatoms. The average Bonchev–Trinajstić information content (AvgIpc) is 2.16. The molecule has 0 saturated heterocycles. The van der Waals surface area contributed by atoms with Crippen LogP contribution in [0.15, 0.2) is 30.3 Å². The van der Waals surface area contributed by atoms with E-state index in [4.69, 9.17) is 5.11 Å². The van der Waals surface area contributed by atoms with E-state index < -0.39 is 15.2 Å². The van der Waals surface area contributed by atoms with Gasteiger partial charge < -0.3 is 5.11 Å². The molecular formula is C10H13O3S+. The van der Waals surface area contributed by atoms with E-state index in [2.05, 4.69) is 0 Å². The topological polar surface area (TPSA) is 54.4 Å². The Morgan fingerprint density at radius 1 is 1.36 bits per heavy atom. The van der Waals surface area contributed by atoms with Gasteiger partial charge in [-0.3, -0.25) is 0 Å². The Labute approximate surface area is 84.2 Å². The zero-order valence-electron chi connectivity index (χ0n) is 7.97. The maximum atomic E-state index is 11.5. The lowest BCUT2D eigenvalue weighted by molar-refractivity contribution is 0.220. The van der Waals surface area contributed by atoms with Gasteiger partial charge in [0.25, 0.3) is 0 Å². The van der Waals surface area contributed by atoms with Crippen molar-refractivity contribution in [3.8, 4) is 0 Å². The zero-order chi connectivity index (χ0) is 10.6. The van der Waals surface area contributed by atoms with Crippen LogP contribution in [0.25, 0.3) is 0 Å². The highest BCUT2D eigenvalue weighted by Gasteiger charge is 2.31. The molecule has 76 valence electrons. The van der Waals surface area contributed by atoms with Crippen LogP contribution in [-0.4, -0.2) is 22.4 Å². The van der Waals surface area contributed by atoms with E-state index in [-0.39, 0.29) is 5.75 Å². The molecule has 0 saturated carbocycles. The van der Waals surface area contributed by atoms with E-state index in [0.717, 1.165) is 5.56 Å². The van der Waals surface area contributed by atoms with Gasteiger partial charge in [0.15, 0.2) is 9.93 Å². The molecule has 0 aliphatic carbocycles. The first-order chi connectivity index (χ1) is 6.52. The van der Waals surface area contributed by atoms with Crippen LogP contribution in [0.4, 0.5) is 4.79 Å². The molecule has 0 radical (unpaired) electrons. The summed E-state index contributed by atoms with van der Waals surface area (Å²) >= 11 is 0. The van der Waals surface area contributed by atoms with Crippen molar-refractivity contribution >= 4 is 15.2 Å². The molecule has 1 aromatic rings. The zero-order valence-corrected chi connectivity index (χ0v) is 8.79. The molecule has 0 amide bonds. The lowest BCUT2D eigenvalue weighted by atomic mass is 10.2. The highest BCUT2D eigenvalue weighted by atomic mass is 32.2.